The zero-order chi connectivity index (χ0) is 10.8. The van der Waals surface area contributed by atoms with Gasteiger partial charge in [0.1, 0.15) is 0 Å². The Morgan fingerprint density at radius 3 is 2.80 bits per heavy atom. The second-order valence-corrected chi connectivity index (χ2v) is 4.15. The van der Waals surface area contributed by atoms with Gasteiger partial charge in [0.15, 0.2) is 0 Å². The van der Waals surface area contributed by atoms with Gasteiger partial charge in [-0.15, -0.1) is 0 Å². The summed E-state index contributed by atoms with van der Waals surface area (Å²) in [5, 5.41) is 3.34. The van der Waals surface area contributed by atoms with Crippen LogP contribution >= 0.6 is 0 Å². The van der Waals surface area contributed by atoms with E-state index in [1.54, 1.807) is 0 Å². The summed E-state index contributed by atoms with van der Waals surface area (Å²) in [7, 11) is 0. The molecule has 0 saturated carbocycles. The van der Waals surface area contributed by atoms with Gasteiger partial charge in [0.05, 0.1) is 5.92 Å². The van der Waals surface area contributed by atoms with Crippen LogP contribution in [0.25, 0.3) is 0 Å². The van der Waals surface area contributed by atoms with Gasteiger partial charge in [-0.3, -0.25) is 4.79 Å². The molecule has 1 heterocycles. The van der Waals surface area contributed by atoms with Crippen molar-refractivity contribution in [1.29, 1.82) is 0 Å². The Hall–Kier alpha value is -1.35. The monoisotopic (exact) mass is 204 g/mol. The van der Waals surface area contributed by atoms with Crippen molar-refractivity contribution in [3.63, 3.8) is 0 Å². The fourth-order valence-corrected chi connectivity index (χ4v) is 2.17. The van der Waals surface area contributed by atoms with Crippen LogP contribution in [0.4, 0.5) is 0 Å². The molecular formula is C12H16N2O. The number of aryl methyl sites for hydroxylation is 1. The molecule has 0 bridgehead atoms. The summed E-state index contributed by atoms with van der Waals surface area (Å²) in [6.07, 6.45) is 0.820. The molecule has 1 aliphatic heterocycles. The predicted molar refractivity (Wildman–Crippen MR) is 59.2 cm³/mol. The highest BCUT2D eigenvalue weighted by Crippen LogP contribution is 2.28. The van der Waals surface area contributed by atoms with Gasteiger partial charge < -0.3 is 11.1 Å². The predicted octanol–water partition coefficient (Wildman–Crippen LogP) is 1.13. The minimum Gasteiger partial charge on any atom is -0.369 e. The number of carbonyl (C=O) groups is 1. The lowest BCUT2D eigenvalue weighted by atomic mass is 9.96. The lowest BCUT2D eigenvalue weighted by Gasteiger charge is -2.13. The normalized spacial score (nSPS) is 25.4. The maximum atomic E-state index is 11.0. The van der Waals surface area contributed by atoms with E-state index in [1.807, 2.05) is 12.1 Å². The van der Waals surface area contributed by atoms with E-state index >= 15 is 0 Å². The molecule has 0 aromatic heterocycles. The first-order chi connectivity index (χ1) is 7.18. The van der Waals surface area contributed by atoms with Crippen LogP contribution in [-0.4, -0.2) is 12.5 Å². The molecule has 80 valence electrons. The Labute approximate surface area is 89.7 Å². The lowest BCUT2D eigenvalue weighted by Crippen LogP contribution is -2.24. The molecule has 3 heteroatoms. The number of amides is 1. The third-order valence-electron chi connectivity index (χ3n) is 3.10. The molecule has 3 nitrogen and oxygen atoms in total. The summed E-state index contributed by atoms with van der Waals surface area (Å²) >= 11 is 0. The van der Waals surface area contributed by atoms with E-state index in [4.69, 9.17) is 5.73 Å². The van der Waals surface area contributed by atoms with Gasteiger partial charge in [0, 0.05) is 12.6 Å². The van der Waals surface area contributed by atoms with E-state index in [9.17, 15) is 4.79 Å². The third kappa shape index (κ3) is 2.02. The van der Waals surface area contributed by atoms with Crippen molar-refractivity contribution in [2.45, 2.75) is 19.4 Å². The van der Waals surface area contributed by atoms with Crippen molar-refractivity contribution in [2.75, 3.05) is 6.54 Å². The van der Waals surface area contributed by atoms with Crippen molar-refractivity contribution in [3.8, 4) is 0 Å². The van der Waals surface area contributed by atoms with Crippen molar-refractivity contribution in [3.05, 3.63) is 35.4 Å². The first-order valence-corrected chi connectivity index (χ1v) is 5.26. The summed E-state index contributed by atoms with van der Waals surface area (Å²) in [5.41, 5.74) is 7.84. The standard InChI is InChI=1S/C12H16N2O/c1-8-4-2-3-5-10(8)11-6-9(7-14-11)12(13)15/h2-5,9,11,14H,6-7H2,1H3,(H2,13,15). The van der Waals surface area contributed by atoms with Gasteiger partial charge in [0.25, 0.3) is 0 Å². The second-order valence-electron chi connectivity index (χ2n) is 4.15. The molecule has 1 aromatic carbocycles. The SMILES string of the molecule is Cc1ccccc1C1CC(C(N)=O)CN1. The van der Waals surface area contributed by atoms with Crippen LogP contribution in [0.3, 0.4) is 0 Å². The molecule has 1 fully saturated rings. The average Bonchev–Trinajstić information content (AvgIpc) is 2.67. The Morgan fingerprint density at radius 1 is 1.47 bits per heavy atom. The number of nitrogens with one attached hydrogen (secondary N) is 1. The van der Waals surface area contributed by atoms with Gasteiger partial charge in [-0.2, -0.15) is 0 Å². The van der Waals surface area contributed by atoms with Crippen LogP contribution in [0.1, 0.15) is 23.6 Å². The van der Waals surface area contributed by atoms with Crippen LogP contribution in [0.5, 0.6) is 0 Å². The number of hydrogen-bond donors (Lipinski definition) is 2. The highest BCUT2D eigenvalue weighted by atomic mass is 16.1. The zero-order valence-corrected chi connectivity index (χ0v) is 8.86. The minimum absolute atomic E-state index is 0.0189. The highest BCUT2D eigenvalue weighted by Gasteiger charge is 2.29. The largest absolute Gasteiger partial charge is 0.369 e. The maximum absolute atomic E-state index is 11.0. The van der Waals surface area contributed by atoms with E-state index in [-0.39, 0.29) is 17.9 Å². The number of benzene rings is 1. The van der Waals surface area contributed by atoms with Crippen molar-refractivity contribution in [1.82, 2.24) is 5.32 Å². The van der Waals surface area contributed by atoms with Gasteiger partial charge in [-0.05, 0) is 24.5 Å². The molecule has 2 rings (SSSR count). The third-order valence-corrected chi connectivity index (χ3v) is 3.10. The Morgan fingerprint density at radius 2 is 2.20 bits per heavy atom. The minimum atomic E-state index is -0.196. The fourth-order valence-electron chi connectivity index (χ4n) is 2.17. The first-order valence-electron chi connectivity index (χ1n) is 5.26. The van der Waals surface area contributed by atoms with E-state index in [0.29, 0.717) is 6.54 Å². The van der Waals surface area contributed by atoms with Gasteiger partial charge in [0.2, 0.25) is 5.91 Å². The van der Waals surface area contributed by atoms with Crippen LogP contribution in [0, 0.1) is 12.8 Å². The number of nitrogens with two attached hydrogens (primary N) is 1. The topological polar surface area (TPSA) is 55.1 Å². The molecular weight excluding hydrogens is 188 g/mol. The fraction of sp³-hybridized carbons (Fsp3) is 0.417. The van der Waals surface area contributed by atoms with Crippen molar-refractivity contribution < 1.29 is 4.79 Å². The molecule has 0 spiro atoms. The van der Waals surface area contributed by atoms with Crippen molar-refractivity contribution >= 4 is 5.91 Å². The number of rotatable bonds is 2. The second kappa shape index (κ2) is 4.03. The van der Waals surface area contributed by atoms with E-state index in [0.717, 1.165) is 6.42 Å². The van der Waals surface area contributed by atoms with Crippen LogP contribution in [-0.2, 0) is 4.79 Å². The molecule has 15 heavy (non-hydrogen) atoms. The average molecular weight is 204 g/mol. The molecule has 0 aliphatic carbocycles. The lowest BCUT2D eigenvalue weighted by molar-refractivity contribution is -0.121. The summed E-state index contributed by atoms with van der Waals surface area (Å²) in [6, 6.07) is 8.54. The summed E-state index contributed by atoms with van der Waals surface area (Å²) in [5.74, 6) is -0.215. The molecule has 1 saturated heterocycles. The van der Waals surface area contributed by atoms with Crippen LogP contribution in [0.2, 0.25) is 0 Å². The summed E-state index contributed by atoms with van der Waals surface area (Å²) in [4.78, 5) is 11.0. The molecule has 1 amide bonds. The Bertz CT molecular complexity index is 376. The quantitative estimate of drug-likeness (QED) is 0.758. The molecule has 1 aromatic rings. The number of hydrogen-bond acceptors (Lipinski definition) is 2. The Kier molecular flexibility index (Phi) is 2.73. The maximum Gasteiger partial charge on any atom is 0.221 e. The Balaban J connectivity index is 2.14. The molecule has 3 N–H and O–H groups in total. The van der Waals surface area contributed by atoms with E-state index < -0.39 is 0 Å². The van der Waals surface area contributed by atoms with E-state index in [2.05, 4.69) is 24.4 Å². The van der Waals surface area contributed by atoms with Gasteiger partial charge in [-0.25, -0.2) is 0 Å². The molecule has 2 unspecified atom stereocenters. The van der Waals surface area contributed by atoms with E-state index in [1.165, 1.54) is 11.1 Å². The summed E-state index contributed by atoms with van der Waals surface area (Å²) in [6.45, 7) is 2.79. The smallest absolute Gasteiger partial charge is 0.221 e. The van der Waals surface area contributed by atoms with Crippen molar-refractivity contribution in [2.24, 2.45) is 11.7 Å². The van der Waals surface area contributed by atoms with Crippen LogP contribution in [0.15, 0.2) is 24.3 Å². The molecule has 1 aliphatic rings. The van der Waals surface area contributed by atoms with Crippen LogP contribution < -0.4 is 11.1 Å². The summed E-state index contributed by atoms with van der Waals surface area (Å²) < 4.78 is 0. The number of primary amides is 1. The van der Waals surface area contributed by atoms with Gasteiger partial charge >= 0.3 is 0 Å². The molecule has 2 atom stereocenters. The highest BCUT2D eigenvalue weighted by molar-refractivity contribution is 5.77. The number of carbonyl (C=O) groups excluding carboxylic acids is 1. The van der Waals surface area contributed by atoms with Gasteiger partial charge in [-0.1, -0.05) is 24.3 Å². The molecule has 0 radical (unpaired) electrons. The zero-order valence-electron chi connectivity index (χ0n) is 8.86. The first kappa shape index (κ1) is 10.2.